The van der Waals surface area contributed by atoms with E-state index in [1.165, 1.54) is 6.08 Å². The first-order valence-corrected chi connectivity index (χ1v) is 20.6. The average molecular weight is 703 g/mol. The van der Waals surface area contributed by atoms with Crippen LogP contribution in [0.5, 0.6) is 0 Å². The minimum Gasteiger partial charge on any atom is -0.381 e. The maximum atomic E-state index is 14.5. The van der Waals surface area contributed by atoms with E-state index in [4.69, 9.17) is 4.74 Å². The second-order valence-corrected chi connectivity index (χ2v) is 18.6. The Morgan fingerprint density at radius 2 is 1.67 bits per heavy atom. The van der Waals surface area contributed by atoms with Crippen LogP contribution >= 0.6 is 0 Å². The zero-order valence-corrected chi connectivity index (χ0v) is 30.5. The number of hydrogen-bond acceptors (Lipinski definition) is 8. The molecule has 6 atom stereocenters. The number of nitrogens with one attached hydrogen (secondary N) is 1. The predicted molar refractivity (Wildman–Crippen MR) is 186 cm³/mol. The molecule has 0 aromatic heterocycles. The van der Waals surface area contributed by atoms with Crippen LogP contribution in [0.1, 0.15) is 117 Å². The van der Waals surface area contributed by atoms with Crippen molar-refractivity contribution in [3.05, 3.63) is 12.7 Å². The molecule has 1 N–H and O–H groups in total. The predicted octanol–water partition coefficient (Wildman–Crippen LogP) is 4.78. The van der Waals surface area contributed by atoms with E-state index >= 15 is 0 Å². The maximum absolute atomic E-state index is 14.5. The molecule has 0 unspecified atom stereocenters. The summed E-state index contributed by atoms with van der Waals surface area (Å²) < 4.78 is 32.3. The standard InChI is InChI=1S/C38H58N2O8S/c1-4-18-39-35(44)34(43)26-14-9-6-5-7-12-19-48-25-27(36(45)40-24-29-32(37(29,2)3)33(40)30(42)22-26)21-28(41)23-38(16-10-8-11-17-38)31-15-13-20-49(31,46)47/h4,26-27,29,31-33H,1,5-25H2,2-3H3,(H,39,44)/t26-,27+,29+,31+,32+,33-/m1/s1. The first kappa shape index (κ1) is 37.8. The normalized spacial score (nSPS) is 33.2. The van der Waals surface area contributed by atoms with E-state index in [0.29, 0.717) is 45.3 Å². The molecule has 5 rings (SSSR count). The van der Waals surface area contributed by atoms with Gasteiger partial charge in [-0.1, -0.05) is 64.9 Å². The van der Waals surface area contributed by atoms with Gasteiger partial charge in [0.15, 0.2) is 15.6 Å². The molecule has 5 aliphatic rings. The zero-order valence-electron chi connectivity index (χ0n) is 29.7. The number of ether oxygens (including phenoxy) is 1. The van der Waals surface area contributed by atoms with Gasteiger partial charge in [0.05, 0.1) is 29.6 Å². The molecule has 11 heteroatoms. The summed E-state index contributed by atoms with van der Waals surface area (Å²) in [4.78, 5) is 70.3. The highest BCUT2D eigenvalue weighted by molar-refractivity contribution is 7.92. The highest BCUT2D eigenvalue weighted by Crippen LogP contribution is 2.65. The van der Waals surface area contributed by atoms with Gasteiger partial charge in [-0.3, -0.25) is 24.0 Å². The highest BCUT2D eigenvalue weighted by atomic mass is 32.2. The van der Waals surface area contributed by atoms with Gasteiger partial charge in [0.2, 0.25) is 11.7 Å². The molecule has 49 heavy (non-hydrogen) atoms. The molecule has 10 nitrogen and oxygen atoms in total. The summed E-state index contributed by atoms with van der Waals surface area (Å²) in [6.07, 6.45) is 11.6. The van der Waals surface area contributed by atoms with Crippen LogP contribution in [0.3, 0.4) is 0 Å². The van der Waals surface area contributed by atoms with Crippen molar-refractivity contribution in [1.82, 2.24) is 10.2 Å². The van der Waals surface area contributed by atoms with E-state index in [0.717, 1.165) is 51.4 Å². The van der Waals surface area contributed by atoms with Crippen molar-refractivity contribution in [2.24, 2.45) is 34.5 Å². The summed E-state index contributed by atoms with van der Waals surface area (Å²) >= 11 is 0. The minimum atomic E-state index is -3.27. The molecule has 2 amide bonds. The molecular weight excluding hydrogens is 644 g/mol. The van der Waals surface area contributed by atoms with Gasteiger partial charge in [-0.15, -0.1) is 6.58 Å². The molecule has 2 aliphatic carbocycles. The number of carbonyl (C=O) groups excluding carboxylic acids is 5. The Morgan fingerprint density at radius 1 is 0.980 bits per heavy atom. The van der Waals surface area contributed by atoms with Crippen LogP contribution in [0.4, 0.5) is 0 Å². The fraction of sp³-hybridized carbons (Fsp3) is 0.816. The van der Waals surface area contributed by atoms with E-state index in [1.807, 2.05) is 0 Å². The Hall–Kier alpha value is -2.40. The van der Waals surface area contributed by atoms with Crippen LogP contribution in [0, 0.1) is 34.5 Å². The molecular formula is C38H58N2O8S. The number of nitrogens with zero attached hydrogens (tertiary/aromatic N) is 1. The fourth-order valence-electron chi connectivity index (χ4n) is 9.90. The lowest BCUT2D eigenvalue weighted by molar-refractivity contribution is -0.147. The minimum absolute atomic E-state index is 0.0475. The van der Waals surface area contributed by atoms with Crippen LogP contribution < -0.4 is 5.32 Å². The molecule has 274 valence electrons. The van der Waals surface area contributed by atoms with Gasteiger partial charge in [0.25, 0.3) is 5.91 Å². The quantitative estimate of drug-likeness (QED) is 0.267. The first-order chi connectivity index (χ1) is 23.3. The number of hydrogen-bond donors (Lipinski definition) is 1. The molecule has 0 aromatic rings. The fourth-order valence-corrected chi connectivity index (χ4v) is 12.4. The Labute approximate surface area is 292 Å². The van der Waals surface area contributed by atoms with Crippen LogP contribution in [0.2, 0.25) is 0 Å². The van der Waals surface area contributed by atoms with Crippen LogP contribution in [-0.4, -0.2) is 85.8 Å². The van der Waals surface area contributed by atoms with Gasteiger partial charge in [-0.05, 0) is 61.2 Å². The number of rotatable bonds is 9. The molecule has 3 heterocycles. The molecule has 2 saturated carbocycles. The smallest absolute Gasteiger partial charge is 0.287 e. The van der Waals surface area contributed by atoms with E-state index in [2.05, 4.69) is 25.7 Å². The number of sulfone groups is 1. The summed E-state index contributed by atoms with van der Waals surface area (Å²) in [6.45, 7) is 8.89. The number of ketones is 3. The number of amides is 2. The Bertz CT molecular complexity index is 1380. The lowest BCUT2D eigenvalue weighted by atomic mass is 9.67. The van der Waals surface area contributed by atoms with Crippen LogP contribution in [-0.2, 0) is 38.5 Å². The van der Waals surface area contributed by atoms with Gasteiger partial charge in [-0.2, -0.15) is 0 Å². The lowest BCUT2D eigenvalue weighted by Gasteiger charge is -2.41. The van der Waals surface area contributed by atoms with Gasteiger partial charge < -0.3 is 15.0 Å². The van der Waals surface area contributed by atoms with Gasteiger partial charge in [-0.25, -0.2) is 8.42 Å². The largest absolute Gasteiger partial charge is 0.381 e. The third kappa shape index (κ3) is 8.40. The summed E-state index contributed by atoms with van der Waals surface area (Å²) in [5, 5.41) is 2.06. The number of piperidine rings is 1. The van der Waals surface area contributed by atoms with Gasteiger partial charge in [0.1, 0.15) is 5.78 Å². The van der Waals surface area contributed by atoms with E-state index in [-0.39, 0.29) is 72.9 Å². The molecule has 0 aromatic carbocycles. The molecule has 3 saturated heterocycles. The number of fused-ring (bicyclic) bond motifs is 3. The van der Waals surface area contributed by atoms with Crippen LogP contribution in [0.25, 0.3) is 0 Å². The van der Waals surface area contributed by atoms with Gasteiger partial charge >= 0.3 is 0 Å². The Kier molecular flexibility index (Phi) is 12.3. The van der Waals surface area contributed by atoms with Crippen molar-refractivity contribution in [2.75, 3.05) is 32.1 Å². The lowest BCUT2D eigenvalue weighted by Crippen LogP contribution is -2.50. The van der Waals surface area contributed by atoms with Gasteiger partial charge in [0, 0.05) is 44.9 Å². The zero-order chi connectivity index (χ0) is 35.4. The van der Waals surface area contributed by atoms with E-state index in [1.54, 1.807) is 4.90 Å². The van der Waals surface area contributed by atoms with Crippen LogP contribution in [0.15, 0.2) is 12.7 Å². The van der Waals surface area contributed by atoms with Crippen molar-refractivity contribution in [3.8, 4) is 0 Å². The summed E-state index contributed by atoms with van der Waals surface area (Å²) in [7, 11) is -3.27. The third-order valence-electron chi connectivity index (χ3n) is 12.7. The summed E-state index contributed by atoms with van der Waals surface area (Å²) in [6, 6.07) is -0.724. The second-order valence-electron chi connectivity index (χ2n) is 16.3. The van der Waals surface area contributed by atoms with Crippen molar-refractivity contribution in [2.45, 2.75) is 128 Å². The second kappa shape index (κ2) is 15.9. The summed E-state index contributed by atoms with van der Waals surface area (Å²) in [5.74, 6) is -3.18. The van der Waals surface area contributed by atoms with E-state index < -0.39 is 50.1 Å². The summed E-state index contributed by atoms with van der Waals surface area (Å²) in [5.41, 5.74) is -0.717. The topological polar surface area (TPSA) is 144 Å². The average Bonchev–Trinajstić information content (AvgIpc) is 3.37. The molecule has 5 fully saturated rings. The van der Waals surface area contributed by atoms with Crippen molar-refractivity contribution >= 4 is 39.0 Å². The molecule has 0 bridgehead atoms. The molecule has 0 spiro atoms. The number of carbonyl (C=O) groups is 5. The van der Waals surface area contributed by atoms with E-state index in [9.17, 15) is 32.4 Å². The van der Waals surface area contributed by atoms with Crippen molar-refractivity contribution in [1.29, 1.82) is 0 Å². The SMILES string of the molecule is C=CCNC(=O)C(=O)[C@@H]1CCCCCCCOC[C@H](CC(=O)CC2([C@@H]3CCCS3(=O)=O)CCCCC2)C(=O)N2C[C@H]3[C@@H]([C@H]2C(=O)C1)C3(C)C. The monoisotopic (exact) mass is 702 g/mol. The maximum Gasteiger partial charge on any atom is 0.287 e. The molecule has 3 aliphatic heterocycles. The Balaban J connectivity index is 1.37. The first-order valence-electron chi connectivity index (χ1n) is 18.9. The van der Waals surface area contributed by atoms with Crippen molar-refractivity contribution in [3.63, 3.8) is 0 Å². The Morgan fingerprint density at radius 3 is 2.37 bits per heavy atom. The third-order valence-corrected chi connectivity index (χ3v) is 15.1. The molecule has 0 radical (unpaired) electrons. The highest BCUT2D eigenvalue weighted by Gasteiger charge is 2.69. The van der Waals surface area contributed by atoms with Crippen molar-refractivity contribution < 1.29 is 37.1 Å². The number of Topliss-reactive ketones (excluding diaryl/α,β-unsaturated/α-hetero) is 3.